The Morgan fingerprint density at radius 3 is 2.94 bits per heavy atom. The lowest BCUT2D eigenvalue weighted by Crippen LogP contribution is -2.38. The molecule has 0 aliphatic carbocycles. The van der Waals surface area contributed by atoms with Crippen LogP contribution in [0, 0.1) is 5.92 Å². The second-order valence-electron chi connectivity index (χ2n) is 4.26. The molecule has 0 saturated carbocycles. The first-order valence-electron chi connectivity index (χ1n) is 5.44. The van der Waals surface area contributed by atoms with Crippen molar-refractivity contribution in [2.45, 2.75) is 19.4 Å². The number of nitrogens with zero attached hydrogens (tertiary/aromatic N) is 1. The molecule has 0 amide bonds. The van der Waals surface area contributed by atoms with Crippen molar-refractivity contribution in [3.05, 3.63) is 20.3 Å². The Morgan fingerprint density at radius 1 is 1.59 bits per heavy atom. The van der Waals surface area contributed by atoms with Gasteiger partial charge in [-0.3, -0.25) is 9.69 Å². The van der Waals surface area contributed by atoms with E-state index in [0.29, 0.717) is 22.4 Å². The van der Waals surface area contributed by atoms with Crippen LogP contribution in [0.25, 0.3) is 0 Å². The molecule has 1 saturated heterocycles. The molecule has 1 aromatic heterocycles. The number of hydrogen-bond donors (Lipinski definition) is 1. The maximum absolute atomic E-state index is 11.0. The van der Waals surface area contributed by atoms with Crippen molar-refractivity contribution >= 4 is 40.5 Å². The fourth-order valence-corrected chi connectivity index (χ4v) is 3.34. The lowest BCUT2D eigenvalue weighted by molar-refractivity contribution is -0.143. The van der Waals surface area contributed by atoms with Gasteiger partial charge in [0, 0.05) is 13.1 Å². The van der Waals surface area contributed by atoms with Crippen LogP contribution in [0.1, 0.15) is 18.4 Å². The Bertz CT molecular complexity index is 422. The van der Waals surface area contributed by atoms with Gasteiger partial charge >= 0.3 is 5.97 Å². The van der Waals surface area contributed by atoms with E-state index in [1.54, 1.807) is 0 Å². The zero-order chi connectivity index (χ0) is 12.4. The normalized spacial score (nSPS) is 21.6. The van der Waals surface area contributed by atoms with Gasteiger partial charge < -0.3 is 5.11 Å². The van der Waals surface area contributed by atoms with Crippen molar-refractivity contribution in [1.82, 2.24) is 4.90 Å². The maximum Gasteiger partial charge on any atom is 0.307 e. The first-order valence-corrected chi connectivity index (χ1v) is 7.08. The highest BCUT2D eigenvalue weighted by molar-refractivity contribution is 7.15. The Labute approximate surface area is 114 Å². The van der Waals surface area contributed by atoms with E-state index in [1.165, 1.54) is 11.3 Å². The molecule has 1 fully saturated rings. The predicted octanol–water partition coefficient (Wildman–Crippen LogP) is 3.35. The van der Waals surface area contributed by atoms with Crippen molar-refractivity contribution < 1.29 is 9.90 Å². The maximum atomic E-state index is 11.0. The van der Waals surface area contributed by atoms with Crippen LogP contribution in [0.15, 0.2) is 5.38 Å². The van der Waals surface area contributed by atoms with E-state index in [0.717, 1.165) is 24.9 Å². The van der Waals surface area contributed by atoms with E-state index in [4.69, 9.17) is 28.3 Å². The Balaban J connectivity index is 1.99. The predicted molar refractivity (Wildman–Crippen MR) is 70.0 cm³/mol. The number of carboxylic acid groups (broad SMARTS) is 1. The van der Waals surface area contributed by atoms with Crippen LogP contribution in [-0.4, -0.2) is 29.1 Å². The lowest BCUT2D eigenvalue weighted by Gasteiger charge is -2.30. The zero-order valence-corrected chi connectivity index (χ0v) is 11.5. The Hall–Kier alpha value is -0.290. The molecule has 2 rings (SSSR count). The number of aliphatic carboxylic acids is 1. The number of carboxylic acids is 1. The Kier molecular flexibility index (Phi) is 4.31. The quantitative estimate of drug-likeness (QED) is 0.929. The van der Waals surface area contributed by atoms with Gasteiger partial charge in [0.25, 0.3) is 0 Å². The molecule has 0 radical (unpaired) electrons. The summed E-state index contributed by atoms with van der Waals surface area (Å²) in [6, 6.07) is 0. The first-order chi connectivity index (χ1) is 8.08. The molecule has 1 aliphatic heterocycles. The summed E-state index contributed by atoms with van der Waals surface area (Å²) in [6.07, 6.45) is 1.69. The molecule has 1 unspecified atom stereocenters. The second kappa shape index (κ2) is 5.57. The minimum absolute atomic E-state index is 0.253. The third-order valence-electron chi connectivity index (χ3n) is 3.01. The van der Waals surface area contributed by atoms with Gasteiger partial charge in [-0.2, -0.15) is 0 Å². The van der Waals surface area contributed by atoms with E-state index in [2.05, 4.69) is 4.90 Å². The van der Waals surface area contributed by atoms with Gasteiger partial charge in [0.15, 0.2) is 0 Å². The molecule has 0 spiro atoms. The van der Waals surface area contributed by atoms with Crippen molar-refractivity contribution in [1.29, 1.82) is 0 Å². The summed E-state index contributed by atoms with van der Waals surface area (Å²) in [5.41, 5.74) is 0.993. The van der Waals surface area contributed by atoms with E-state index in [9.17, 15) is 4.79 Å². The summed E-state index contributed by atoms with van der Waals surface area (Å²) in [5.74, 6) is -0.958. The number of thiophene rings is 1. The van der Waals surface area contributed by atoms with Crippen molar-refractivity contribution in [3.63, 3.8) is 0 Å². The molecule has 1 aromatic rings. The van der Waals surface area contributed by atoms with Crippen LogP contribution in [0.5, 0.6) is 0 Å². The van der Waals surface area contributed by atoms with Gasteiger partial charge in [0.2, 0.25) is 0 Å². The van der Waals surface area contributed by atoms with Crippen LogP contribution in [0.2, 0.25) is 9.36 Å². The van der Waals surface area contributed by atoms with Gasteiger partial charge in [-0.1, -0.05) is 23.2 Å². The average molecular weight is 294 g/mol. The average Bonchev–Trinajstić information content (AvgIpc) is 2.61. The molecule has 6 heteroatoms. The summed E-state index contributed by atoms with van der Waals surface area (Å²) in [7, 11) is 0. The second-order valence-corrected chi connectivity index (χ2v) is 6.12. The topological polar surface area (TPSA) is 40.5 Å². The number of carbonyl (C=O) groups is 1. The van der Waals surface area contributed by atoms with E-state index < -0.39 is 5.97 Å². The third kappa shape index (κ3) is 3.13. The van der Waals surface area contributed by atoms with Crippen LogP contribution in [-0.2, 0) is 11.3 Å². The monoisotopic (exact) mass is 293 g/mol. The standard InChI is InChI=1S/C11H13Cl2NO2S/c12-9-8(6-17-10(9)13)5-14-3-1-2-7(4-14)11(15)16/h6-7H,1-5H2,(H,15,16). The van der Waals surface area contributed by atoms with Crippen LogP contribution in [0.4, 0.5) is 0 Å². The summed E-state index contributed by atoms with van der Waals surface area (Å²) in [6.45, 7) is 2.21. The number of rotatable bonds is 3. The fraction of sp³-hybridized carbons (Fsp3) is 0.545. The highest BCUT2D eigenvalue weighted by Gasteiger charge is 2.25. The highest BCUT2D eigenvalue weighted by atomic mass is 35.5. The third-order valence-corrected chi connectivity index (χ3v) is 4.92. The molecule has 1 N–H and O–H groups in total. The van der Waals surface area contributed by atoms with Gasteiger partial charge in [-0.05, 0) is 30.3 Å². The largest absolute Gasteiger partial charge is 0.481 e. The molecule has 2 heterocycles. The molecule has 0 aromatic carbocycles. The summed E-state index contributed by atoms with van der Waals surface area (Å²) >= 11 is 13.4. The molecule has 0 bridgehead atoms. The van der Waals surface area contributed by atoms with Crippen molar-refractivity contribution in [2.24, 2.45) is 5.92 Å². The Morgan fingerprint density at radius 2 is 2.35 bits per heavy atom. The molecule has 3 nitrogen and oxygen atoms in total. The minimum Gasteiger partial charge on any atom is -0.481 e. The van der Waals surface area contributed by atoms with Gasteiger partial charge in [0.1, 0.15) is 4.34 Å². The lowest BCUT2D eigenvalue weighted by atomic mass is 9.98. The fourth-order valence-electron chi connectivity index (χ4n) is 2.10. The highest BCUT2D eigenvalue weighted by Crippen LogP contribution is 2.33. The minimum atomic E-state index is -0.704. The molecule has 1 aliphatic rings. The van der Waals surface area contributed by atoms with Gasteiger partial charge in [-0.25, -0.2) is 0 Å². The number of halogens is 2. The van der Waals surface area contributed by atoms with E-state index in [1.807, 2.05) is 5.38 Å². The van der Waals surface area contributed by atoms with Crippen LogP contribution in [0.3, 0.4) is 0 Å². The van der Waals surface area contributed by atoms with Gasteiger partial charge in [-0.15, -0.1) is 11.3 Å². The zero-order valence-electron chi connectivity index (χ0n) is 9.16. The van der Waals surface area contributed by atoms with Crippen molar-refractivity contribution in [2.75, 3.05) is 13.1 Å². The summed E-state index contributed by atoms with van der Waals surface area (Å²) in [5, 5.41) is 11.6. The molecule has 17 heavy (non-hydrogen) atoms. The molecule has 1 atom stereocenters. The molecule has 94 valence electrons. The number of piperidine rings is 1. The SMILES string of the molecule is O=C(O)C1CCCN(Cc2csc(Cl)c2Cl)C1. The summed E-state index contributed by atoms with van der Waals surface area (Å²) in [4.78, 5) is 13.1. The van der Waals surface area contributed by atoms with E-state index >= 15 is 0 Å². The number of hydrogen-bond acceptors (Lipinski definition) is 3. The smallest absolute Gasteiger partial charge is 0.307 e. The van der Waals surface area contributed by atoms with E-state index in [-0.39, 0.29) is 5.92 Å². The number of likely N-dealkylation sites (tertiary alicyclic amines) is 1. The van der Waals surface area contributed by atoms with Crippen LogP contribution < -0.4 is 0 Å². The van der Waals surface area contributed by atoms with Gasteiger partial charge in [0.05, 0.1) is 10.9 Å². The molecular formula is C11H13Cl2NO2S. The van der Waals surface area contributed by atoms with Crippen LogP contribution >= 0.6 is 34.5 Å². The molecular weight excluding hydrogens is 281 g/mol. The summed E-state index contributed by atoms with van der Waals surface area (Å²) < 4.78 is 0.605. The first kappa shape index (κ1) is 13.1. The van der Waals surface area contributed by atoms with Crippen molar-refractivity contribution in [3.8, 4) is 0 Å².